The van der Waals surface area contributed by atoms with Crippen molar-refractivity contribution in [3.05, 3.63) is 12.2 Å². The highest BCUT2D eigenvalue weighted by Crippen LogP contribution is 2.14. The van der Waals surface area contributed by atoms with Crippen LogP contribution >= 0.6 is 0 Å². The highest BCUT2D eigenvalue weighted by atomic mass is 16.1. The Bertz CT molecular complexity index is 267. The van der Waals surface area contributed by atoms with E-state index in [1.165, 1.54) is 103 Å². The smallest absolute Gasteiger partial charge is 0.152 e. The number of carbonyl (C=O) groups is 1. The van der Waals surface area contributed by atoms with Crippen LogP contribution in [0.3, 0.4) is 0 Å². The molecule has 1 heteroatoms. The first kappa shape index (κ1) is 22.4. The van der Waals surface area contributed by atoms with Gasteiger partial charge in [0.2, 0.25) is 0 Å². The Hall–Kier alpha value is -0.590. The molecule has 0 aliphatic heterocycles. The molecule has 23 heavy (non-hydrogen) atoms. The van der Waals surface area contributed by atoms with Crippen molar-refractivity contribution >= 4 is 5.78 Å². The average molecular weight is 323 g/mol. The molecule has 0 aliphatic carbocycles. The summed E-state index contributed by atoms with van der Waals surface area (Å²) in [6, 6.07) is 0. The fourth-order valence-corrected chi connectivity index (χ4v) is 3.06. The van der Waals surface area contributed by atoms with Crippen LogP contribution in [-0.2, 0) is 4.79 Å². The van der Waals surface area contributed by atoms with Gasteiger partial charge >= 0.3 is 0 Å². The summed E-state index contributed by atoms with van der Waals surface area (Å²) in [6.45, 7) is 3.90. The number of hydrogen-bond donors (Lipinski definition) is 0. The number of hydrogen-bond acceptors (Lipinski definition) is 1. The minimum absolute atomic E-state index is 0.168. The minimum Gasteiger partial charge on any atom is -0.295 e. The van der Waals surface area contributed by atoms with E-state index in [9.17, 15) is 4.79 Å². The summed E-state index contributed by atoms with van der Waals surface area (Å²) in [5.74, 6) is 0.168. The van der Waals surface area contributed by atoms with Gasteiger partial charge in [-0.25, -0.2) is 0 Å². The summed E-state index contributed by atoms with van der Waals surface area (Å²) in [6.07, 6.45) is 27.4. The molecule has 0 atom stereocenters. The van der Waals surface area contributed by atoms with Crippen LogP contribution in [0.4, 0.5) is 0 Å². The quantitative estimate of drug-likeness (QED) is 0.186. The molecule has 0 N–H and O–H groups in total. The molecule has 0 heterocycles. The lowest BCUT2D eigenvalue weighted by atomic mass is 10.0. The Balaban J connectivity index is 3.01. The molecule has 0 aromatic carbocycles. The number of carbonyl (C=O) groups excluding carboxylic acids is 1. The lowest BCUT2D eigenvalue weighted by Crippen LogP contribution is -1.84. The maximum atomic E-state index is 10.7. The van der Waals surface area contributed by atoms with Crippen molar-refractivity contribution in [3.63, 3.8) is 0 Å². The van der Waals surface area contributed by atoms with Gasteiger partial charge in [0.15, 0.2) is 5.78 Å². The fraction of sp³-hybridized carbons (Fsp3) is 0.864. The van der Waals surface area contributed by atoms with Gasteiger partial charge in [0.25, 0.3) is 0 Å². The summed E-state index contributed by atoms with van der Waals surface area (Å²) in [5, 5.41) is 0. The SMILES string of the molecule is CCCCCCCCCCCCCCCCCCC=CC(C)=O. The average Bonchev–Trinajstić information content (AvgIpc) is 2.53. The molecule has 0 fully saturated rings. The van der Waals surface area contributed by atoms with Gasteiger partial charge in [0, 0.05) is 0 Å². The van der Waals surface area contributed by atoms with Gasteiger partial charge in [-0.3, -0.25) is 4.79 Å². The van der Waals surface area contributed by atoms with E-state index in [4.69, 9.17) is 0 Å². The molecular formula is C22H42O. The van der Waals surface area contributed by atoms with Crippen molar-refractivity contribution in [1.29, 1.82) is 0 Å². The Kier molecular flexibility index (Phi) is 19.0. The predicted molar refractivity (Wildman–Crippen MR) is 104 cm³/mol. The molecule has 0 radical (unpaired) electrons. The third kappa shape index (κ3) is 21.4. The van der Waals surface area contributed by atoms with Crippen molar-refractivity contribution in [1.82, 2.24) is 0 Å². The molecule has 0 aromatic heterocycles. The standard InChI is InChI=1S/C22H42O/c1-3-4-5-6-7-8-9-10-11-12-13-14-15-16-17-18-19-20-21-22(2)23/h20-21H,3-19H2,1-2H3. The largest absolute Gasteiger partial charge is 0.295 e. The van der Waals surface area contributed by atoms with E-state index in [1.54, 1.807) is 13.0 Å². The normalized spacial score (nSPS) is 11.4. The lowest BCUT2D eigenvalue weighted by Gasteiger charge is -2.03. The van der Waals surface area contributed by atoms with Gasteiger partial charge in [-0.1, -0.05) is 109 Å². The van der Waals surface area contributed by atoms with Crippen molar-refractivity contribution in [2.75, 3.05) is 0 Å². The minimum atomic E-state index is 0.168. The van der Waals surface area contributed by atoms with Gasteiger partial charge in [-0.2, -0.15) is 0 Å². The second-order valence-corrected chi connectivity index (χ2v) is 7.10. The van der Waals surface area contributed by atoms with Crippen LogP contribution < -0.4 is 0 Å². The third-order valence-electron chi connectivity index (χ3n) is 4.58. The fourth-order valence-electron chi connectivity index (χ4n) is 3.06. The summed E-state index contributed by atoms with van der Waals surface area (Å²) in [7, 11) is 0. The molecule has 0 bridgehead atoms. The van der Waals surface area contributed by atoms with E-state index in [-0.39, 0.29) is 5.78 Å². The molecule has 0 saturated heterocycles. The molecule has 0 amide bonds. The zero-order valence-electron chi connectivity index (χ0n) is 16.1. The van der Waals surface area contributed by atoms with Gasteiger partial charge in [-0.15, -0.1) is 0 Å². The Morgan fingerprint density at radius 3 is 1.30 bits per heavy atom. The van der Waals surface area contributed by atoms with Crippen LogP contribution in [0.5, 0.6) is 0 Å². The predicted octanol–water partition coefficient (Wildman–Crippen LogP) is 7.78. The number of rotatable bonds is 18. The summed E-state index contributed by atoms with van der Waals surface area (Å²) >= 11 is 0. The lowest BCUT2D eigenvalue weighted by molar-refractivity contribution is -0.112. The second kappa shape index (κ2) is 19.5. The number of ketones is 1. The monoisotopic (exact) mass is 322 g/mol. The third-order valence-corrected chi connectivity index (χ3v) is 4.58. The first-order valence-electron chi connectivity index (χ1n) is 10.4. The molecule has 0 spiro atoms. The molecule has 0 saturated carbocycles. The van der Waals surface area contributed by atoms with E-state index >= 15 is 0 Å². The Labute approximate surface area is 146 Å². The molecule has 0 rings (SSSR count). The second-order valence-electron chi connectivity index (χ2n) is 7.10. The van der Waals surface area contributed by atoms with E-state index in [2.05, 4.69) is 6.92 Å². The van der Waals surface area contributed by atoms with Gasteiger partial charge < -0.3 is 0 Å². The first-order chi connectivity index (χ1) is 11.3. The first-order valence-corrected chi connectivity index (χ1v) is 10.4. The molecule has 0 aliphatic rings. The number of unbranched alkanes of at least 4 members (excludes halogenated alkanes) is 16. The van der Waals surface area contributed by atoms with Crippen LogP contribution in [0.25, 0.3) is 0 Å². The summed E-state index contributed by atoms with van der Waals surface area (Å²) in [4.78, 5) is 10.7. The van der Waals surface area contributed by atoms with E-state index in [1.807, 2.05) is 6.08 Å². The maximum absolute atomic E-state index is 10.7. The zero-order valence-corrected chi connectivity index (χ0v) is 16.1. The summed E-state index contributed by atoms with van der Waals surface area (Å²) in [5.41, 5.74) is 0. The van der Waals surface area contributed by atoms with Crippen molar-refractivity contribution in [2.45, 2.75) is 123 Å². The topological polar surface area (TPSA) is 17.1 Å². The molecule has 1 nitrogen and oxygen atoms in total. The van der Waals surface area contributed by atoms with E-state index < -0.39 is 0 Å². The van der Waals surface area contributed by atoms with Gasteiger partial charge in [0.1, 0.15) is 0 Å². The van der Waals surface area contributed by atoms with Crippen LogP contribution in [-0.4, -0.2) is 5.78 Å². The van der Waals surface area contributed by atoms with E-state index in [0.717, 1.165) is 6.42 Å². The van der Waals surface area contributed by atoms with Crippen molar-refractivity contribution in [2.24, 2.45) is 0 Å². The van der Waals surface area contributed by atoms with Crippen LogP contribution in [0.2, 0.25) is 0 Å². The molecule has 0 unspecified atom stereocenters. The summed E-state index contributed by atoms with van der Waals surface area (Å²) < 4.78 is 0. The van der Waals surface area contributed by atoms with Crippen LogP contribution in [0.1, 0.15) is 123 Å². The zero-order chi connectivity index (χ0) is 17.0. The number of allylic oxidation sites excluding steroid dienone is 2. The highest BCUT2D eigenvalue weighted by molar-refractivity contribution is 5.87. The van der Waals surface area contributed by atoms with Crippen molar-refractivity contribution < 1.29 is 4.79 Å². The van der Waals surface area contributed by atoms with Gasteiger partial charge in [0.05, 0.1) is 0 Å². The van der Waals surface area contributed by atoms with E-state index in [0.29, 0.717) is 0 Å². The Morgan fingerprint density at radius 2 is 0.957 bits per heavy atom. The van der Waals surface area contributed by atoms with Crippen LogP contribution in [0.15, 0.2) is 12.2 Å². The molecule has 136 valence electrons. The van der Waals surface area contributed by atoms with Crippen molar-refractivity contribution in [3.8, 4) is 0 Å². The van der Waals surface area contributed by atoms with Crippen LogP contribution in [0, 0.1) is 0 Å². The maximum Gasteiger partial charge on any atom is 0.152 e. The molecule has 0 aromatic rings. The van der Waals surface area contributed by atoms with Gasteiger partial charge in [-0.05, 0) is 25.8 Å². The Morgan fingerprint density at radius 1 is 0.609 bits per heavy atom. The highest BCUT2D eigenvalue weighted by Gasteiger charge is 1.94. The molecular weight excluding hydrogens is 280 g/mol.